The molecule has 0 aromatic heterocycles. The monoisotopic (exact) mass is 319 g/mol. The van der Waals surface area contributed by atoms with E-state index < -0.39 is 5.97 Å². The maximum absolute atomic E-state index is 11.2. The van der Waals surface area contributed by atoms with E-state index in [0.717, 1.165) is 3.57 Å². The molecule has 1 aromatic rings. The fourth-order valence-corrected chi connectivity index (χ4v) is 1.62. The number of ether oxygens (including phenoxy) is 1. The lowest BCUT2D eigenvalue weighted by atomic mass is 10.1. The number of carbonyl (C=O) groups is 1. The molecule has 0 aliphatic heterocycles. The Morgan fingerprint density at radius 2 is 2.29 bits per heavy atom. The van der Waals surface area contributed by atoms with Crippen LogP contribution in [0.2, 0.25) is 0 Å². The maximum Gasteiger partial charge on any atom is 0.337 e. The summed E-state index contributed by atoms with van der Waals surface area (Å²) in [5.41, 5.74) is 0.771. The van der Waals surface area contributed by atoms with Gasteiger partial charge in [0, 0.05) is 8.47 Å². The first-order chi connectivity index (χ1) is 6.60. The standard InChI is InChI=1S/C9H6INO2S/c1-13-9(12)5-2-6(4-11)8(10)7(14)3-5/h2-3,14H,1H3. The van der Waals surface area contributed by atoms with Gasteiger partial charge in [0.05, 0.1) is 18.2 Å². The van der Waals surface area contributed by atoms with Crippen LogP contribution in [0.5, 0.6) is 0 Å². The molecular weight excluding hydrogens is 313 g/mol. The molecule has 3 nitrogen and oxygen atoms in total. The molecule has 0 unspecified atom stereocenters. The maximum atomic E-state index is 11.2. The average molecular weight is 319 g/mol. The Morgan fingerprint density at radius 3 is 2.79 bits per heavy atom. The molecule has 72 valence electrons. The van der Waals surface area contributed by atoms with E-state index in [1.807, 2.05) is 28.7 Å². The Kier molecular flexibility index (Phi) is 3.77. The summed E-state index contributed by atoms with van der Waals surface area (Å²) in [5, 5.41) is 8.78. The number of methoxy groups -OCH3 is 1. The molecule has 14 heavy (non-hydrogen) atoms. The number of esters is 1. The second-order valence-corrected chi connectivity index (χ2v) is 4.02. The minimum absolute atomic E-state index is 0.342. The Bertz CT molecular complexity index is 426. The fraction of sp³-hybridized carbons (Fsp3) is 0.111. The number of thiol groups is 1. The van der Waals surface area contributed by atoms with E-state index in [9.17, 15) is 4.79 Å². The Morgan fingerprint density at radius 1 is 1.64 bits per heavy atom. The van der Waals surface area contributed by atoms with Crippen LogP contribution in [0.4, 0.5) is 0 Å². The van der Waals surface area contributed by atoms with Gasteiger partial charge in [-0.25, -0.2) is 4.79 Å². The van der Waals surface area contributed by atoms with Crippen molar-refractivity contribution in [2.24, 2.45) is 0 Å². The zero-order valence-corrected chi connectivity index (χ0v) is 10.3. The molecule has 0 saturated carbocycles. The van der Waals surface area contributed by atoms with Gasteiger partial charge in [-0.15, -0.1) is 12.6 Å². The number of hydrogen-bond acceptors (Lipinski definition) is 4. The predicted molar refractivity (Wildman–Crippen MR) is 62.5 cm³/mol. The van der Waals surface area contributed by atoms with E-state index >= 15 is 0 Å². The molecular formula is C9H6INO2S. The van der Waals surface area contributed by atoms with Gasteiger partial charge in [0.15, 0.2) is 0 Å². The first-order valence-corrected chi connectivity index (χ1v) is 5.13. The van der Waals surface area contributed by atoms with Crippen molar-refractivity contribution in [1.29, 1.82) is 5.26 Å². The molecule has 0 saturated heterocycles. The first kappa shape index (κ1) is 11.3. The highest BCUT2D eigenvalue weighted by molar-refractivity contribution is 14.1. The zero-order valence-electron chi connectivity index (χ0n) is 7.24. The number of benzene rings is 1. The zero-order chi connectivity index (χ0) is 10.7. The van der Waals surface area contributed by atoms with Gasteiger partial charge in [0.25, 0.3) is 0 Å². The van der Waals surface area contributed by atoms with Crippen molar-refractivity contribution in [3.63, 3.8) is 0 Å². The number of carbonyl (C=O) groups excluding carboxylic acids is 1. The highest BCUT2D eigenvalue weighted by Gasteiger charge is 2.11. The van der Waals surface area contributed by atoms with Crippen LogP contribution in [-0.4, -0.2) is 13.1 Å². The summed E-state index contributed by atoms with van der Waals surface area (Å²) in [5.74, 6) is -0.465. The van der Waals surface area contributed by atoms with Crippen LogP contribution >= 0.6 is 35.2 Å². The van der Waals surface area contributed by atoms with E-state index in [1.54, 1.807) is 6.07 Å². The van der Waals surface area contributed by atoms with Gasteiger partial charge in [-0.05, 0) is 34.7 Å². The van der Waals surface area contributed by atoms with Crippen LogP contribution in [0.3, 0.4) is 0 Å². The molecule has 5 heteroatoms. The van der Waals surface area contributed by atoms with Crippen LogP contribution in [0.15, 0.2) is 17.0 Å². The van der Waals surface area contributed by atoms with Crippen LogP contribution < -0.4 is 0 Å². The van der Waals surface area contributed by atoms with Crippen LogP contribution in [-0.2, 0) is 4.74 Å². The molecule has 0 N–H and O–H groups in total. The second kappa shape index (κ2) is 4.66. The van der Waals surface area contributed by atoms with E-state index in [4.69, 9.17) is 5.26 Å². The van der Waals surface area contributed by atoms with Gasteiger partial charge in [0.2, 0.25) is 0 Å². The van der Waals surface area contributed by atoms with Crippen molar-refractivity contribution in [2.75, 3.05) is 7.11 Å². The molecule has 0 aliphatic rings. The van der Waals surface area contributed by atoms with Gasteiger partial charge in [-0.2, -0.15) is 5.26 Å². The molecule has 1 aromatic carbocycles. The average Bonchev–Trinajstić information content (AvgIpc) is 2.20. The van der Waals surface area contributed by atoms with Crippen molar-refractivity contribution < 1.29 is 9.53 Å². The van der Waals surface area contributed by atoms with E-state index in [0.29, 0.717) is 16.0 Å². The summed E-state index contributed by atoms with van der Waals surface area (Å²) in [7, 11) is 1.30. The minimum atomic E-state index is -0.465. The molecule has 0 heterocycles. The Hall–Kier alpha value is -0.740. The Balaban J connectivity index is 3.32. The van der Waals surface area contributed by atoms with Gasteiger partial charge in [0.1, 0.15) is 6.07 Å². The van der Waals surface area contributed by atoms with Gasteiger partial charge >= 0.3 is 5.97 Å². The summed E-state index contributed by atoms with van der Waals surface area (Å²) in [4.78, 5) is 11.8. The Labute approximate surface area is 101 Å². The van der Waals surface area contributed by atoms with Crippen molar-refractivity contribution in [3.8, 4) is 6.07 Å². The highest BCUT2D eigenvalue weighted by atomic mass is 127. The quantitative estimate of drug-likeness (QED) is 0.491. The SMILES string of the molecule is COC(=O)c1cc(S)c(I)c(C#N)c1. The van der Waals surface area contributed by atoms with Gasteiger partial charge in [-0.1, -0.05) is 0 Å². The lowest BCUT2D eigenvalue weighted by Gasteiger charge is -2.03. The van der Waals surface area contributed by atoms with E-state index in [2.05, 4.69) is 17.4 Å². The summed E-state index contributed by atoms with van der Waals surface area (Å²) < 4.78 is 5.28. The second-order valence-electron chi connectivity index (χ2n) is 2.46. The molecule has 0 aliphatic carbocycles. The lowest BCUT2D eigenvalue weighted by Crippen LogP contribution is -2.02. The molecule has 0 spiro atoms. The lowest BCUT2D eigenvalue weighted by molar-refractivity contribution is 0.0600. The smallest absolute Gasteiger partial charge is 0.337 e. The van der Waals surface area contributed by atoms with Crippen LogP contribution in [0.25, 0.3) is 0 Å². The number of halogens is 1. The van der Waals surface area contributed by atoms with Crippen molar-refractivity contribution in [1.82, 2.24) is 0 Å². The van der Waals surface area contributed by atoms with Gasteiger partial charge < -0.3 is 4.74 Å². The number of nitrogens with zero attached hydrogens (tertiary/aromatic N) is 1. The topological polar surface area (TPSA) is 50.1 Å². The van der Waals surface area contributed by atoms with Crippen LogP contribution in [0, 0.1) is 14.9 Å². The predicted octanol–water partition coefficient (Wildman–Crippen LogP) is 2.24. The normalized spacial score (nSPS) is 9.29. The van der Waals surface area contributed by atoms with Crippen LogP contribution in [0.1, 0.15) is 15.9 Å². The molecule has 0 amide bonds. The van der Waals surface area contributed by atoms with Crippen molar-refractivity contribution in [2.45, 2.75) is 4.90 Å². The third-order valence-electron chi connectivity index (χ3n) is 1.59. The molecule has 0 bridgehead atoms. The molecule has 0 atom stereocenters. The molecule has 1 rings (SSSR count). The summed E-state index contributed by atoms with van der Waals surface area (Å²) in [6, 6.07) is 5.07. The van der Waals surface area contributed by atoms with E-state index in [1.165, 1.54) is 13.2 Å². The fourth-order valence-electron chi connectivity index (χ4n) is 0.926. The molecule has 0 radical (unpaired) electrons. The number of rotatable bonds is 1. The first-order valence-electron chi connectivity index (χ1n) is 3.61. The summed E-state index contributed by atoms with van der Waals surface area (Å²) in [6.07, 6.45) is 0. The number of nitriles is 1. The largest absolute Gasteiger partial charge is 0.465 e. The van der Waals surface area contributed by atoms with E-state index in [-0.39, 0.29) is 0 Å². The molecule has 0 fully saturated rings. The third kappa shape index (κ3) is 2.19. The summed E-state index contributed by atoms with van der Waals surface area (Å²) in [6.45, 7) is 0. The minimum Gasteiger partial charge on any atom is -0.465 e. The van der Waals surface area contributed by atoms with Crippen molar-refractivity contribution in [3.05, 3.63) is 26.8 Å². The third-order valence-corrected chi connectivity index (χ3v) is 3.54. The highest BCUT2D eigenvalue weighted by Crippen LogP contribution is 2.22. The van der Waals surface area contributed by atoms with Gasteiger partial charge in [-0.3, -0.25) is 0 Å². The number of hydrogen-bond donors (Lipinski definition) is 1. The summed E-state index contributed by atoms with van der Waals surface area (Å²) >= 11 is 6.16. The van der Waals surface area contributed by atoms with Crippen molar-refractivity contribution >= 4 is 41.2 Å².